The smallest absolute Gasteiger partial charge is 0.306 e. The molecule has 1 aliphatic carbocycles. The van der Waals surface area contributed by atoms with Crippen LogP contribution in [0.2, 0.25) is 0 Å². The van der Waals surface area contributed by atoms with E-state index in [0.717, 1.165) is 64.7 Å². The quantitative estimate of drug-likeness (QED) is 0.332. The summed E-state index contributed by atoms with van der Waals surface area (Å²) in [7, 11) is 0. The first-order valence-electron chi connectivity index (χ1n) is 12.4. The number of hydrogen-bond acceptors (Lipinski definition) is 6. The highest BCUT2D eigenvalue weighted by molar-refractivity contribution is 5.70. The molecule has 0 amide bonds. The van der Waals surface area contributed by atoms with Gasteiger partial charge in [0.05, 0.1) is 23.4 Å². The van der Waals surface area contributed by atoms with Crippen LogP contribution >= 0.6 is 0 Å². The van der Waals surface area contributed by atoms with Crippen molar-refractivity contribution >= 4 is 5.97 Å². The number of ether oxygens (including phenoxy) is 1. The van der Waals surface area contributed by atoms with Crippen LogP contribution in [-0.2, 0) is 17.6 Å². The summed E-state index contributed by atoms with van der Waals surface area (Å²) in [6.45, 7) is 1.95. The van der Waals surface area contributed by atoms with E-state index in [-0.39, 0.29) is 12.0 Å². The number of aromatic nitrogens is 3. The van der Waals surface area contributed by atoms with Crippen LogP contribution < -0.4 is 4.74 Å². The number of carboxylic acid groups (broad SMARTS) is 1. The van der Waals surface area contributed by atoms with Crippen molar-refractivity contribution < 1.29 is 19.2 Å². The lowest BCUT2D eigenvalue weighted by Crippen LogP contribution is -2.29. The lowest BCUT2D eigenvalue weighted by molar-refractivity contribution is -0.143. The Labute approximate surface area is 210 Å². The minimum Gasteiger partial charge on any atom is -0.490 e. The summed E-state index contributed by atoms with van der Waals surface area (Å²) < 4.78 is 11.8. The number of aliphatic carboxylic acids is 1. The normalized spacial score (nSPS) is 17.6. The molecule has 0 unspecified atom stereocenters. The van der Waals surface area contributed by atoms with Gasteiger partial charge in [0.15, 0.2) is 5.76 Å². The maximum atomic E-state index is 11.3. The predicted octanol–water partition coefficient (Wildman–Crippen LogP) is 5.91. The van der Waals surface area contributed by atoms with Gasteiger partial charge in [0.1, 0.15) is 11.6 Å². The van der Waals surface area contributed by atoms with Gasteiger partial charge < -0.3 is 14.4 Å². The highest BCUT2D eigenvalue weighted by atomic mass is 16.5. The lowest BCUT2D eigenvalue weighted by atomic mass is 9.87. The highest BCUT2D eigenvalue weighted by Gasteiger charge is 2.28. The van der Waals surface area contributed by atoms with Crippen LogP contribution in [0.3, 0.4) is 0 Å². The monoisotopic (exact) mass is 483 g/mol. The fourth-order valence-corrected chi connectivity index (χ4v) is 4.79. The molecule has 7 heteroatoms. The average molecular weight is 484 g/mol. The van der Waals surface area contributed by atoms with E-state index < -0.39 is 5.97 Å². The first-order valence-corrected chi connectivity index (χ1v) is 12.4. The minimum atomic E-state index is -0.732. The summed E-state index contributed by atoms with van der Waals surface area (Å²) >= 11 is 0. The molecule has 2 aromatic heterocycles. The van der Waals surface area contributed by atoms with Crippen molar-refractivity contribution in [3.05, 3.63) is 83.9 Å². The number of carbonyl (C=O) groups is 1. The van der Waals surface area contributed by atoms with Crippen LogP contribution in [0.25, 0.3) is 22.6 Å². The van der Waals surface area contributed by atoms with Gasteiger partial charge in [-0.2, -0.15) is 0 Å². The van der Waals surface area contributed by atoms with E-state index in [9.17, 15) is 9.90 Å². The molecular formula is C29H29N3O4. The van der Waals surface area contributed by atoms with Crippen LogP contribution in [-0.4, -0.2) is 32.3 Å². The zero-order chi connectivity index (χ0) is 24.9. The summed E-state index contributed by atoms with van der Waals surface area (Å²) in [5.74, 6) is 1.20. The minimum absolute atomic E-state index is 0.0690. The Morgan fingerprint density at radius 2 is 1.83 bits per heavy atom. The van der Waals surface area contributed by atoms with E-state index in [0.29, 0.717) is 19.3 Å². The molecule has 0 aliphatic heterocycles. The Balaban J connectivity index is 1.26. The number of hydrogen-bond donors (Lipinski definition) is 1. The number of carboxylic acids is 1. The molecule has 2 heterocycles. The van der Waals surface area contributed by atoms with Crippen LogP contribution in [0, 0.1) is 12.8 Å². The molecule has 7 nitrogen and oxygen atoms in total. The lowest BCUT2D eigenvalue weighted by Gasteiger charge is -2.27. The summed E-state index contributed by atoms with van der Waals surface area (Å²) in [6, 6.07) is 19.7. The van der Waals surface area contributed by atoms with E-state index in [1.165, 1.54) is 0 Å². The molecule has 184 valence electrons. The van der Waals surface area contributed by atoms with Gasteiger partial charge in [-0.1, -0.05) is 35.5 Å². The third-order valence-electron chi connectivity index (χ3n) is 6.75. The maximum Gasteiger partial charge on any atom is 0.306 e. The predicted molar refractivity (Wildman–Crippen MR) is 136 cm³/mol. The first-order chi connectivity index (χ1) is 17.6. The van der Waals surface area contributed by atoms with E-state index in [1.54, 1.807) is 6.20 Å². The molecule has 4 aromatic rings. The van der Waals surface area contributed by atoms with Crippen molar-refractivity contribution in [2.24, 2.45) is 5.92 Å². The number of aryl methyl sites for hydroxylation is 2. The van der Waals surface area contributed by atoms with Crippen molar-refractivity contribution in [2.75, 3.05) is 0 Å². The zero-order valence-corrected chi connectivity index (χ0v) is 20.3. The SMILES string of the molecule is Cc1noc(-c2ccc(O[C@@H]3CCC[C@H](C(=O)O)C3)cc2)c1CCc1nccc(-c2ccccc2)n1. The molecule has 1 N–H and O–H groups in total. The van der Waals surface area contributed by atoms with Crippen molar-refractivity contribution in [2.45, 2.75) is 51.6 Å². The van der Waals surface area contributed by atoms with Crippen LogP contribution in [0.4, 0.5) is 0 Å². The van der Waals surface area contributed by atoms with Gasteiger partial charge in [-0.05, 0) is 69.4 Å². The third-order valence-corrected chi connectivity index (χ3v) is 6.75. The Kier molecular flexibility index (Phi) is 7.07. The Hall–Kier alpha value is -4.00. The summed E-state index contributed by atoms with van der Waals surface area (Å²) in [4.78, 5) is 20.5. The molecule has 0 spiro atoms. The molecule has 36 heavy (non-hydrogen) atoms. The fraction of sp³-hybridized carbons (Fsp3) is 0.310. The molecule has 0 radical (unpaired) electrons. The van der Waals surface area contributed by atoms with E-state index in [2.05, 4.69) is 10.1 Å². The Bertz CT molecular complexity index is 1320. The maximum absolute atomic E-state index is 11.3. The molecule has 5 rings (SSSR count). The largest absolute Gasteiger partial charge is 0.490 e. The molecule has 0 saturated heterocycles. The second-order valence-electron chi connectivity index (χ2n) is 9.27. The Morgan fingerprint density at radius 3 is 2.61 bits per heavy atom. The standard InChI is InChI=1S/C29H29N3O4/c1-19-25(14-15-27-30-17-16-26(31-27)20-6-3-2-4-7-20)28(36-32-19)21-10-12-23(13-11-21)35-24-9-5-8-22(18-24)29(33)34/h2-4,6-7,10-13,16-17,22,24H,5,8-9,14-15,18H2,1H3,(H,33,34)/t22-,24+/m0/s1. The Morgan fingerprint density at radius 1 is 1.03 bits per heavy atom. The van der Waals surface area contributed by atoms with Gasteiger partial charge in [-0.3, -0.25) is 4.79 Å². The summed E-state index contributed by atoms with van der Waals surface area (Å²) in [5, 5.41) is 13.5. The van der Waals surface area contributed by atoms with Crippen LogP contribution in [0.1, 0.15) is 42.8 Å². The third kappa shape index (κ3) is 5.46. The average Bonchev–Trinajstić information content (AvgIpc) is 3.29. The summed E-state index contributed by atoms with van der Waals surface area (Å²) in [5.41, 5.74) is 4.78. The molecule has 0 bridgehead atoms. The second kappa shape index (κ2) is 10.7. The molecule has 1 saturated carbocycles. The molecule has 2 atom stereocenters. The van der Waals surface area contributed by atoms with Gasteiger partial charge in [-0.25, -0.2) is 9.97 Å². The van der Waals surface area contributed by atoms with E-state index >= 15 is 0 Å². The van der Waals surface area contributed by atoms with Crippen molar-refractivity contribution in [1.29, 1.82) is 0 Å². The second-order valence-corrected chi connectivity index (χ2v) is 9.27. The summed E-state index contributed by atoms with van der Waals surface area (Å²) in [6.07, 6.45) is 6.14. The van der Waals surface area contributed by atoms with E-state index in [1.807, 2.05) is 67.6 Å². The topological polar surface area (TPSA) is 98.3 Å². The first kappa shape index (κ1) is 23.7. The van der Waals surface area contributed by atoms with Crippen molar-refractivity contribution in [3.63, 3.8) is 0 Å². The number of nitrogens with zero attached hydrogens (tertiary/aromatic N) is 3. The van der Waals surface area contributed by atoms with Crippen molar-refractivity contribution in [1.82, 2.24) is 15.1 Å². The highest BCUT2D eigenvalue weighted by Crippen LogP contribution is 2.31. The van der Waals surface area contributed by atoms with Crippen molar-refractivity contribution in [3.8, 4) is 28.3 Å². The number of benzene rings is 2. The van der Waals surface area contributed by atoms with Gasteiger partial charge >= 0.3 is 5.97 Å². The molecular weight excluding hydrogens is 454 g/mol. The molecule has 1 aliphatic rings. The fourth-order valence-electron chi connectivity index (χ4n) is 4.79. The number of rotatable bonds is 8. The van der Waals surface area contributed by atoms with E-state index in [4.69, 9.17) is 14.2 Å². The molecule has 2 aromatic carbocycles. The van der Waals surface area contributed by atoms with Crippen LogP contribution in [0.15, 0.2) is 71.4 Å². The van der Waals surface area contributed by atoms with Gasteiger partial charge in [-0.15, -0.1) is 0 Å². The zero-order valence-electron chi connectivity index (χ0n) is 20.3. The molecule has 1 fully saturated rings. The van der Waals surface area contributed by atoms with Gasteiger partial charge in [0.25, 0.3) is 0 Å². The van der Waals surface area contributed by atoms with Crippen LogP contribution in [0.5, 0.6) is 5.75 Å². The van der Waals surface area contributed by atoms with Gasteiger partial charge in [0, 0.05) is 29.3 Å². The van der Waals surface area contributed by atoms with Gasteiger partial charge in [0.2, 0.25) is 0 Å².